The van der Waals surface area contributed by atoms with Crippen molar-refractivity contribution >= 4 is 11.5 Å². The van der Waals surface area contributed by atoms with E-state index in [2.05, 4.69) is 0 Å². The van der Waals surface area contributed by atoms with Crippen LogP contribution in [0.3, 0.4) is 0 Å². The van der Waals surface area contributed by atoms with Crippen molar-refractivity contribution in [2.75, 3.05) is 34.5 Å². The molecule has 0 saturated carbocycles. The highest BCUT2D eigenvalue weighted by Gasteiger charge is 2.18. The zero-order valence-electron chi connectivity index (χ0n) is 16.1. The smallest absolute Gasteiger partial charge is 0.341 e. The lowest BCUT2D eigenvalue weighted by molar-refractivity contribution is -0.133. The van der Waals surface area contributed by atoms with Crippen molar-refractivity contribution in [2.45, 2.75) is 6.61 Å². The molecule has 2 aromatic rings. The summed E-state index contributed by atoms with van der Waals surface area (Å²) in [5, 5.41) is 0. The van der Waals surface area contributed by atoms with Crippen LogP contribution in [0, 0.1) is 5.82 Å². The topological polar surface area (TPSA) is 63.2 Å². The van der Waals surface area contributed by atoms with Gasteiger partial charge in [-0.05, 0) is 42.0 Å². The number of hydrogen-bond acceptors (Lipinski definition) is 6. The number of carbonyl (C=O) groups is 1. The first-order chi connectivity index (χ1) is 13.6. The van der Waals surface area contributed by atoms with Crippen molar-refractivity contribution in [1.82, 2.24) is 0 Å². The number of hydrogen-bond donors (Lipinski definition) is 0. The molecule has 0 N–H and O–H groups in total. The maximum atomic E-state index is 13.8. The fourth-order valence-corrected chi connectivity index (χ4v) is 2.43. The van der Waals surface area contributed by atoms with Crippen molar-refractivity contribution in [3.05, 3.63) is 65.7 Å². The average Bonchev–Trinajstić information content (AvgIpc) is 2.71. The number of halogens is 1. The Bertz CT molecular complexity index is 801. The summed E-state index contributed by atoms with van der Waals surface area (Å²) in [6, 6.07) is 11.1. The third kappa shape index (κ3) is 5.99. The Morgan fingerprint density at radius 2 is 1.64 bits per heavy atom. The lowest BCUT2D eigenvalue weighted by atomic mass is 10.0. The van der Waals surface area contributed by atoms with Gasteiger partial charge in [-0.3, -0.25) is 0 Å². The van der Waals surface area contributed by atoms with Crippen LogP contribution in [0.5, 0.6) is 11.5 Å². The minimum atomic E-state index is -0.590. The van der Waals surface area contributed by atoms with Gasteiger partial charge in [0.1, 0.15) is 36.1 Å². The molecule has 0 aromatic heterocycles. The van der Waals surface area contributed by atoms with E-state index in [-0.39, 0.29) is 12.2 Å². The van der Waals surface area contributed by atoms with Crippen LogP contribution in [0.4, 0.5) is 4.39 Å². The highest BCUT2D eigenvalue weighted by atomic mass is 19.1. The van der Waals surface area contributed by atoms with Crippen molar-refractivity contribution < 1.29 is 32.9 Å². The molecule has 0 amide bonds. The number of ether oxygens (including phenoxy) is 5. The van der Waals surface area contributed by atoms with Gasteiger partial charge in [0.15, 0.2) is 0 Å². The lowest BCUT2D eigenvalue weighted by Crippen LogP contribution is -2.09. The molecular weight excluding hydrogens is 367 g/mol. The van der Waals surface area contributed by atoms with Crippen molar-refractivity contribution in [1.29, 1.82) is 0 Å². The molecule has 2 rings (SSSR count). The summed E-state index contributed by atoms with van der Waals surface area (Å²) in [4.78, 5) is 12.0. The summed E-state index contributed by atoms with van der Waals surface area (Å²) in [6.45, 7) is 0.999. The van der Waals surface area contributed by atoms with Gasteiger partial charge in [0.2, 0.25) is 0 Å². The summed E-state index contributed by atoms with van der Waals surface area (Å²) < 4.78 is 39.7. The molecule has 0 aliphatic carbocycles. The Balaban J connectivity index is 2.14. The Morgan fingerprint density at radius 1 is 0.964 bits per heavy atom. The maximum Gasteiger partial charge on any atom is 0.341 e. The van der Waals surface area contributed by atoms with Crippen LogP contribution < -0.4 is 9.47 Å². The third-order valence-corrected chi connectivity index (χ3v) is 3.77. The van der Waals surface area contributed by atoms with E-state index in [0.29, 0.717) is 35.8 Å². The van der Waals surface area contributed by atoms with Gasteiger partial charge in [-0.1, -0.05) is 6.07 Å². The molecule has 0 spiro atoms. The molecule has 0 fully saturated rings. The highest BCUT2D eigenvalue weighted by Crippen LogP contribution is 2.24. The molecule has 28 heavy (non-hydrogen) atoms. The Labute approximate surface area is 163 Å². The SMILES string of the molecule is CO/C=C(/C(=O)OC)c1ccc(F)cc1COc1ccc(OCCOC)cc1. The van der Waals surface area contributed by atoms with E-state index in [0.717, 1.165) is 0 Å². The average molecular weight is 390 g/mol. The second kappa shape index (κ2) is 10.9. The normalized spacial score (nSPS) is 11.1. The van der Waals surface area contributed by atoms with Gasteiger partial charge >= 0.3 is 5.97 Å². The number of rotatable bonds is 10. The van der Waals surface area contributed by atoms with Crippen LogP contribution in [-0.2, 0) is 25.6 Å². The summed E-state index contributed by atoms with van der Waals surface area (Å²) >= 11 is 0. The summed E-state index contributed by atoms with van der Waals surface area (Å²) in [7, 11) is 4.29. The molecule has 7 heteroatoms. The minimum Gasteiger partial charge on any atom is -0.503 e. The van der Waals surface area contributed by atoms with Gasteiger partial charge < -0.3 is 23.7 Å². The first-order valence-corrected chi connectivity index (χ1v) is 8.53. The molecule has 0 atom stereocenters. The van der Waals surface area contributed by atoms with Crippen LogP contribution in [0.2, 0.25) is 0 Å². The van der Waals surface area contributed by atoms with Gasteiger partial charge in [0.05, 0.1) is 27.1 Å². The first-order valence-electron chi connectivity index (χ1n) is 8.53. The van der Waals surface area contributed by atoms with E-state index in [4.69, 9.17) is 23.7 Å². The van der Waals surface area contributed by atoms with Crippen LogP contribution in [0.1, 0.15) is 11.1 Å². The van der Waals surface area contributed by atoms with Gasteiger partial charge in [-0.2, -0.15) is 0 Å². The quantitative estimate of drug-likeness (QED) is 0.267. The van der Waals surface area contributed by atoms with Gasteiger partial charge in [-0.25, -0.2) is 9.18 Å². The summed E-state index contributed by atoms with van der Waals surface area (Å²) in [5.74, 6) is 0.231. The summed E-state index contributed by atoms with van der Waals surface area (Å²) in [6.07, 6.45) is 1.26. The molecule has 150 valence electrons. The van der Waals surface area contributed by atoms with Crippen LogP contribution in [0.25, 0.3) is 5.57 Å². The second-order valence-electron chi connectivity index (χ2n) is 5.66. The van der Waals surface area contributed by atoms with Crippen LogP contribution in [-0.4, -0.2) is 40.5 Å². The van der Waals surface area contributed by atoms with Gasteiger partial charge in [-0.15, -0.1) is 0 Å². The van der Waals surface area contributed by atoms with Crippen LogP contribution in [0.15, 0.2) is 48.7 Å². The van der Waals surface area contributed by atoms with E-state index in [1.807, 2.05) is 0 Å². The number of benzene rings is 2. The van der Waals surface area contributed by atoms with Crippen LogP contribution >= 0.6 is 0 Å². The molecule has 0 aliphatic rings. The molecule has 0 aliphatic heterocycles. The van der Waals surface area contributed by atoms with E-state index >= 15 is 0 Å². The Kier molecular flexibility index (Phi) is 8.30. The molecular formula is C21H23FO6. The van der Waals surface area contributed by atoms with Crippen molar-refractivity contribution in [2.24, 2.45) is 0 Å². The largest absolute Gasteiger partial charge is 0.503 e. The minimum absolute atomic E-state index is 0.0506. The predicted molar refractivity (Wildman–Crippen MR) is 102 cm³/mol. The number of methoxy groups -OCH3 is 3. The molecule has 0 radical (unpaired) electrons. The maximum absolute atomic E-state index is 13.8. The third-order valence-electron chi connectivity index (χ3n) is 3.77. The molecule has 0 heterocycles. The fraction of sp³-hybridized carbons (Fsp3) is 0.286. The zero-order valence-corrected chi connectivity index (χ0v) is 16.1. The van der Waals surface area contributed by atoms with E-state index in [1.54, 1.807) is 31.4 Å². The molecule has 0 unspecified atom stereocenters. The van der Waals surface area contributed by atoms with Gasteiger partial charge in [0.25, 0.3) is 0 Å². The van der Waals surface area contributed by atoms with Crippen molar-refractivity contribution in [3.63, 3.8) is 0 Å². The summed E-state index contributed by atoms with van der Waals surface area (Å²) in [5.41, 5.74) is 1.12. The Hall–Kier alpha value is -3.06. The molecule has 0 saturated heterocycles. The van der Waals surface area contributed by atoms with E-state index in [9.17, 15) is 9.18 Å². The predicted octanol–water partition coefficient (Wildman–Crippen LogP) is 3.59. The molecule has 0 bridgehead atoms. The highest BCUT2D eigenvalue weighted by molar-refractivity contribution is 6.16. The Morgan fingerprint density at radius 3 is 2.25 bits per heavy atom. The second-order valence-corrected chi connectivity index (χ2v) is 5.66. The first kappa shape index (κ1) is 21.2. The van der Waals surface area contributed by atoms with Gasteiger partial charge in [0, 0.05) is 12.7 Å². The van der Waals surface area contributed by atoms with E-state index < -0.39 is 11.8 Å². The standard InChI is InChI=1S/C21H23FO6/c1-24-10-11-27-17-5-7-18(8-6-17)28-13-15-12-16(22)4-9-19(15)20(14-25-2)21(23)26-3/h4-9,12,14H,10-11,13H2,1-3H3/b20-14+. The lowest BCUT2D eigenvalue weighted by Gasteiger charge is -2.13. The number of carbonyl (C=O) groups excluding carboxylic acids is 1. The fourth-order valence-electron chi connectivity index (χ4n) is 2.43. The zero-order chi connectivity index (χ0) is 20.4. The number of esters is 1. The molecule has 2 aromatic carbocycles. The van der Waals surface area contributed by atoms with Crippen molar-refractivity contribution in [3.8, 4) is 11.5 Å². The van der Waals surface area contributed by atoms with E-state index in [1.165, 1.54) is 38.7 Å². The molecule has 6 nitrogen and oxygen atoms in total. The monoisotopic (exact) mass is 390 g/mol.